The number of carbonyl (C=O) groups excluding carboxylic acids is 1. The number of hydrogen-bond donors (Lipinski definition) is 0. The first-order valence-corrected chi connectivity index (χ1v) is 6.37. The summed E-state index contributed by atoms with van der Waals surface area (Å²) in [7, 11) is 0. The Kier molecular flexibility index (Phi) is 5.54. The molecule has 0 atom stereocenters. The Morgan fingerprint density at radius 2 is 1.75 bits per heavy atom. The number of carbonyl (C=O) groups is 1. The van der Waals surface area contributed by atoms with Crippen molar-refractivity contribution >= 4 is 16.8 Å². The summed E-state index contributed by atoms with van der Waals surface area (Å²) in [5.41, 5.74) is 1.79. The Morgan fingerprint density at radius 3 is 2.25 bits per heavy atom. The van der Waals surface area contributed by atoms with E-state index in [0.717, 1.165) is 31.2 Å². The molecule has 0 N–H and O–H groups in total. The summed E-state index contributed by atoms with van der Waals surface area (Å²) in [6, 6.07) is 7.71. The van der Waals surface area contributed by atoms with Gasteiger partial charge in [0, 0.05) is 5.56 Å². The maximum atomic E-state index is 11.3. The van der Waals surface area contributed by atoms with Crippen molar-refractivity contribution in [3.63, 3.8) is 0 Å². The SMILES string of the molecule is CCCC(CCC)c1ccccc1C(=O)Cl. The van der Waals surface area contributed by atoms with Crippen LogP contribution in [0, 0.1) is 0 Å². The zero-order valence-electron chi connectivity index (χ0n) is 10.0. The van der Waals surface area contributed by atoms with E-state index in [0.29, 0.717) is 11.5 Å². The van der Waals surface area contributed by atoms with E-state index in [1.54, 1.807) is 0 Å². The third kappa shape index (κ3) is 3.34. The first-order valence-electron chi connectivity index (χ1n) is 5.99. The second-order valence-corrected chi connectivity index (χ2v) is 4.48. The van der Waals surface area contributed by atoms with Crippen LogP contribution in [0.3, 0.4) is 0 Å². The molecule has 88 valence electrons. The van der Waals surface area contributed by atoms with Gasteiger partial charge in [-0.1, -0.05) is 44.9 Å². The van der Waals surface area contributed by atoms with Gasteiger partial charge in [0.1, 0.15) is 0 Å². The van der Waals surface area contributed by atoms with Gasteiger partial charge in [-0.25, -0.2) is 0 Å². The molecule has 0 heterocycles. The van der Waals surface area contributed by atoms with Crippen LogP contribution in [0.15, 0.2) is 24.3 Å². The van der Waals surface area contributed by atoms with Crippen LogP contribution < -0.4 is 0 Å². The predicted molar refractivity (Wildman–Crippen MR) is 69.2 cm³/mol. The zero-order chi connectivity index (χ0) is 12.0. The minimum absolute atomic E-state index is 0.340. The molecular weight excluding hydrogens is 220 g/mol. The second-order valence-electron chi connectivity index (χ2n) is 4.14. The molecule has 16 heavy (non-hydrogen) atoms. The van der Waals surface area contributed by atoms with Crippen LogP contribution in [-0.4, -0.2) is 5.24 Å². The Balaban J connectivity index is 3.02. The highest BCUT2D eigenvalue weighted by Crippen LogP contribution is 2.29. The molecule has 1 nitrogen and oxygen atoms in total. The van der Waals surface area contributed by atoms with E-state index >= 15 is 0 Å². The molecule has 0 unspecified atom stereocenters. The smallest absolute Gasteiger partial charge is 0.252 e. The van der Waals surface area contributed by atoms with Crippen molar-refractivity contribution < 1.29 is 4.79 Å². The molecule has 0 bridgehead atoms. The van der Waals surface area contributed by atoms with E-state index in [9.17, 15) is 4.79 Å². The molecule has 0 aliphatic carbocycles. The molecule has 0 aliphatic heterocycles. The average Bonchev–Trinajstić information content (AvgIpc) is 2.29. The van der Waals surface area contributed by atoms with Crippen molar-refractivity contribution in [2.75, 3.05) is 0 Å². The number of rotatable bonds is 6. The van der Waals surface area contributed by atoms with Gasteiger partial charge in [-0.3, -0.25) is 4.79 Å². The standard InChI is InChI=1S/C14H19ClO/c1-3-7-11(8-4-2)12-9-5-6-10-13(12)14(15)16/h5-6,9-11H,3-4,7-8H2,1-2H3. The van der Waals surface area contributed by atoms with Crippen molar-refractivity contribution in [2.24, 2.45) is 0 Å². The lowest BCUT2D eigenvalue weighted by Crippen LogP contribution is -2.04. The van der Waals surface area contributed by atoms with Crippen LogP contribution in [0.1, 0.15) is 61.4 Å². The fraction of sp³-hybridized carbons (Fsp3) is 0.500. The molecular formula is C14H19ClO. The summed E-state index contributed by atoms with van der Waals surface area (Å²) in [5.74, 6) is 0.467. The Morgan fingerprint density at radius 1 is 1.19 bits per heavy atom. The maximum absolute atomic E-state index is 11.3. The molecule has 1 aromatic rings. The Bertz CT molecular complexity index is 340. The number of benzene rings is 1. The molecule has 1 rings (SSSR count). The molecule has 0 aliphatic rings. The van der Waals surface area contributed by atoms with E-state index in [2.05, 4.69) is 13.8 Å². The van der Waals surface area contributed by atoms with Crippen molar-refractivity contribution in [3.8, 4) is 0 Å². The average molecular weight is 239 g/mol. The lowest BCUT2D eigenvalue weighted by Gasteiger charge is -2.17. The van der Waals surface area contributed by atoms with Gasteiger partial charge in [0.2, 0.25) is 0 Å². The summed E-state index contributed by atoms with van der Waals surface area (Å²) in [6.07, 6.45) is 4.51. The van der Waals surface area contributed by atoms with Gasteiger partial charge in [0.25, 0.3) is 5.24 Å². The third-order valence-corrected chi connectivity index (χ3v) is 3.09. The van der Waals surface area contributed by atoms with E-state index < -0.39 is 0 Å². The van der Waals surface area contributed by atoms with Crippen LogP contribution in [0.2, 0.25) is 0 Å². The van der Waals surface area contributed by atoms with Gasteiger partial charge in [0.15, 0.2) is 0 Å². The topological polar surface area (TPSA) is 17.1 Å². The molecule has 0 saturated heterocycles. The highest BCUT2D eigenvalue weighted by atomic mass is 35.5. The summed E-state index contributed by atoms with van der Waals surface area (Å²) in [5, 5.41) is -0.340. The summed E-state index contributed by atoms with van der Waals surface area (Å²) >= 11 is 5.61. The molecule has 2 heteroatoms. The summed E-state index contributed by atoms with van der Waals surface area (Å²) in [4.78, 5) is 11.3. The maximum Gasteiger partial charge on any atom is 0.252 e. The van der Waals surface area contributed by atoms with Crippen LogP contribution >= 0.6 is 11.6 Å². The van der Waals surface area contributed by atoms with Gasteiger partial charge in [-0.2, -0.15) is 0 Å². The van der Waals surface area contributed by atoms with Gasteiger partial charge < -0.3 is 0 Å². The highest BCUT2D eigenvalue weighted by molar-refractivity contribution is 6.67. The van der Waals surface area contributed by atoms with Crippen molar-refractivity contribution in [3.05, 3.63) is 35.4 Å². The molecule has 0 aromatic heterocycles. The minimum atomic E-state index is -0.340. The fourth-order valence-electron chi connectivity index (χ4n) is 2.18. The van der Waals surface area contributed by atoms with E-state index in [-0.39, 0.29) is 5.24 Å². The zero-order valence-corrected chi connectivity index (χ0v) is 10.8. The predicted octanol–water partition coefficient (Wildman–Crippen LogP) is 4.75. The quantitative estimate of drug-likeness (QED) is 0.654. The van der Waals surface area contributed by atoms with E-state index in [1.165, 1.54) is 0 Å². The fourth-order valence-corrected chi connectivity index (χ4v) is 2.36. The molecule has 0 amide bonds. The first-order chi connectivity index (χ1) is 7.70. The van der Waals surface area contributed by atoms with Crippen LogP contribution in [-0.2, 0) is 0 Å². The summed E-state index contributed by atoms with van der Waals surface area (Å²) < 4.78 is 0. The number of hydrogen-bond acceptors (Lipinski definition) is 1. The molecule has 0 radical (unpaired) electrons. The van der Waals surface area contributed by atoms with Crippen LogP contribution in [0.25, 0.3) is 0 Å². The Labute approximate surface area is 103 Å². The van der Waals surface area contributed by atoms with Crippen LogP contribution in [0.4, 0.5) is 0 Å². The lowest BCUT2D eigenvalue weighted by atomic mass is 9.87. The number of halogens is 1. The largest absolute Gasteiger partial charge is 0.276 e. The second kappa shape index (κ2) is 6.70. The van der Waals surface area contributed by atoms with Crippen molar-refractivity contribution in [2.45, 2.75) is 45.4 Å². The monoisotopic (exact) mass is 238 g/mol. The molecule has 0 fully saturated rings. The van der Waals surface area contributed by atoms with Gasteiger partial charge in [0.05, 0.1) is 0 Å². The van der Waals surface area contributed by atoms with Crippen molar-refractivity contribution in [1.82, 2.24) is 0 Å². The van der Waals surface area contributed by atoms with E-state index in [1.807, 2.05) is 24.3 Å². The Hall–Kier alpha value is -0.820. The first kappa shape index (κ1) is 13.2. The highest BCUT2D eigenvalue weighted by Gasteiger charge is 2.16. The van der Waals surface area contributed by atoms with Gasteiger partial charge >= 0.3 is 0 Å². The molecule has 0 saturated carbocycles. The summed E-state index contributed by atoms with van der Waals surface area (Å²) in [6.45, 7) is 4.35. The van der Waals surface area contributed by atoms with Crippen molar-refractivity contribution in [1.29, 1.82) is 0 Å². The van der Waals surface area contributed by atoms with Gasteiger partial charge in [-0.15, -0.1) is 0 Å². The van der Waals surface area contributed by atoms with Crippen LogP contribution in [0.5, 0.6) is 0 Å². The van der Waals surface area contributed by atoms with E-state index in [4.69, 9.17) is 11.6 Å². The minimum Gasteiger partial charge on any atom is -0.276 e. The third-order valence-electron chi connectivity index (χ3n) is 2.89. The van der Waals surface area contributed by atoms with Gasteiger partial charge in [-0.05, 0) is 42.0 Å². The molecule has 0 spiro atoms. The normalized spacial score (nSPS) is 10.8. The lowest BCUT2D eigenvalue weighted by molar-refractivity contribution is 0.108. The molecule has 1 aromatic carbocycles.